The molecule has 0 atom stereocenters. The Balaban J connectivity index is 2.50. The number of aryl methyl sites for hydroxylation is 1. The fourth-order valence-corrected chi connectivity index (χ4v) is 1.04. The molecule has 0 aromatic carbocycles. The van der Waals surface area contributed by atoms with Gasteiger partial charge in [-0.2, -0.15) is 0 Å². The summed E-state index contributed by atoms with van der Waals surface area (Å²) in [6, 6.07) is 3.43. The van der Waals surface area contributed by atoms with Crippen molar-refractivity contribution in [2.45, 2.75) is 20.8 Å². The average molecular weight is 210 g/mol. The Bertz CT molecular complexity index is 342. The molecule has 0 aliphatic rings. The van der Waals surface area contributed by atoms with Gasteiger partial charge in [-0.1, -0.05) is 13.8 Å². The third-order valence-corrected chi connectivity index (χ3v) is 2.24. The second-order valence-electron chi connectivity index (χ2n) is 4.46. The van der Waals surface area contributed by atoms with E-state index in [1.807, 2.05) is 13.8 Å². The highest BCUT2D eigenvalue weighted by Crippen LogP contribution is 2.11. The molecule has 1 amide bonds. The number of rotatable bonds is 4. The molecule has 0 aliphatic heterocycles. The number of nitrogens with one attached hydrogen (secondary N) is 1. The summed E-state index contributed by atoms with van der Waals surface area (Å²) in [5.41, 5.74) is 5.47. The molecule has 1 aromatic heterocycles. The van der Waals surface area contributed by atoms with Gasteiger partial charge in [-0.05, 0) is 31.0 Å². The van der Waals surface area contributed by atoms with E-state index in [-0.39, 0.29) is 11.3 Å². The SMILES string of the molecule is Cc1ccc(C(=O)NCC(C)(C)CN)o1. The molecule has 1 rings (SSSR count). The zero-order valence-corrected chi connectivity index (χ0v) is 9.46. The predicted molar refractivity (Wildman–Crippen MR) is 58.6 cm³/mol. The number of furan rings is 1. The Morgan fingerprint density at radius 2 is 2.20 bits per heavy atom. The number of nitrogens with two attached hydrogens (primary N) is 1. The first kappa shape index (κ1) is 11.8. The standard InChI is InChI=1S/C11H18N2O2/c1-8-4-5-9(15-8)10(14)13-7-11(2,3)6-12/h4-5H,6-7,12H2,1-3H3,(H,13,14). The van der Waals surface area contributed by atoms with Crippen LogP contribution in [0.3, 0.4) is 0 Å². The van der Waals surface area contributed by atoms with Crippen molar-refractivity contribution < 1.29 is 9.21 Å². The van der Waals surface area contributed by atoms with Crippen LogP contribution in [0.15, 0.2) is 16.5 Å². The minimum Gasteiger partial charge on any atom is -0.456 e. The van der Waals surface area contributed by atoms with Gasteiger partial charge in [-0.3, -0.25) is 4.79 Å². The van der Waals surface area contributed by atoms with Crippen molar-refractivity contribution in [3.05, 3.63) is 23.7 Å². The average Bonchev–Trinajstić information content (AvgIpc) is 2.61. The van der Waals surface area contributed by atoms with Gasteiger partial charge in [-0.15, -0.1) is 0 Å². The van der Waals surface area contributed by atoms with E-state index in [2.05, 4.69) is 5.32 Å². The number of amides is 1. The minimum atomic E-state index is -0.190. The lowest BCUT2D eigenvalue weighted by Crippen LogP contribution is -2.38. The van der Waals surface area contributed by atoms with Crippen LogP contribution in [0.25, 0.3) is 0 Å². The lowest BCUT2D eigenvalue weighted by molar-refractivity contribution is 0.0909. The zero-order valence-electron chi connectivity index (χ0n) is 9.46. The number of carbonyl (C=O) groups is 1. The van der Waals surface area contributed by atoms with Crippen LogP contribution in [0.4, 0.5) is 0 Å². The molecule has 84 valence electrons. The van der Waals surface area contributed by atoms with Gasteiger partial charge in [-0.25, -0.2) is 0 Å². The second-order valence-corrected chi connectivity index (χ2v) is 4.46. The van der Waals surface area contributed by atoms with E-state index in [0.29, 0.717) is 18.8 Å². The fourth-order valence-electron chi connectivity index (χ4n) is 1.04. The van der Waals surface area contributed by atoms with Gasteiger partial charge < -0.3 is 15.5 Å². The molecule has 15 heavy (non-hydrogen) atoms. The summed E-state index contributed by atoms with van der Waals surface area (Å²) in [6.07, 6.45) is 0. The zero-order chi connectivity index (χ0) is 11.5. The topological polar surface area (TPSA) is 68.3 Å². The van der Waals surface area contributed by atoms with E-state index in [1.54, 1.807) is 19.1 Å². The van der Waals surface area contributed by atoms with E-state index in [1.165, 1.54) is 0 Å². The van der Waals surface area contributed by atoms with Crippen molar-refractivity contribution in [1.29, 1.82) is 0 Å². The van der Waals surface area contributed by atoms with E-state index in [9.17, 15) is 4.79 Å². The van der Waals surface area contributed by atoms with E-state index >= 15 is 0 Å². The monoisotopic (exact) mass is 210 g/mol. The Labute approximate surface area is 89.8 Å². The molecule has 0 spiro atoms. The molecule has 0 saturated carbocycles. The molecule has 0 radical (unpaired) electrons. The van der Waals surface area contributed by atoms with E-state index < -0.39 is 0 Å². The van der Waals surface area contributed by atoms with Crippen molar-refractivity contribution in [2.75, 3.05) is 13.1 Å². The summed E-state index contributed by atoms with van der Waals surface area (Å²) in [5.74, 6) is 0.892. The fraction of sp³-hybridized carbons (Fsp3) is 0.545. The van der Waals surface area contributed by atoms with Crippen molar-refractivity contribution in [3.63, 3.8) is 0 Å². The largest absolute Gasteiger partial charge is 0.456 e. The van der Waals surface area contributed by atoms with Crippen molar-refractivity contribution >= 4 is 5.91 Å². The Morgan fingerprint density at radius 1 is 1.53 bits per heavy atom. The van der Waals surface area contributed by atoms with Gasteiger partial charge in [0.05, 0.1) is 0 Å². The summed E-state index contributed by atoms with van der Waals surface area (Å²) < 4.78 is 5.20. The first-order valence-corrected chi connectivity index (χ1v) is 4.99. The summed E-state index contributed by atoms with van der Waals surface area (Å²) in [5, 5.41) is 2.79. The summed E-state index contributed by atoms with van der Waals surface area (Å²) >= 11 is 0. The van der Waals surface area contributed by atoms with Crippen LogP contribution >= 0.6 is 0 Å². The van der Waals surface area contributed by atoms with Crippen molar-refractivity contribution in [2.24, 2.45) is 11.1 Å². The molecular weight excluding hydrogens is 192 g/mol. The predicted octanol–water partition coefficient (Wildman–Crippen LogP) is 1.30. The lowest BCUT2D eigenvalue weighted by atomic mass is 9.94. The van der Waals surface area contributed by atoms with Gasteiger partial charge in [0, 0.05) is 6.54 Å². The number of hydrogen-bond donors (Lipinski definition) is 2. The van der Waals surface area contributed by atoms with Gasteiger partial charge >= 0.3 is 0 Å². The molecule has 0 bridgehead atoms. The third kappa shape index (κ3) is 3.40. The second kappa shape index (κ2) is 4.49. The highest BCUT2D eigenvalue weighted by molar-refractivity contribution is 5.91. The molecule has 4 nitrogen and oxygen atoms in total. The van der Waals surface area contributed by atoms with Crippen LogP contribution in [-0.2, 0) is 0 Å². The number of carbonyl (C=O) groups excluding carboxylic acids is 1. The molecular formula is C11H18N2O2. The lowest BCUT2D eigenvalue weighted by Gasteiger charge is -2.22. The van der Waals surface area contributed by atoms with Crippen LogP contribution in [0.5, 0.6) is 0 Å². The molecule has 1 heterocycles. The normalized spacial score (nSPS) is 11.5. The smallest absolute Gasteiger partial charge is 0.287 e. The van der Waals surface area contributed by atoms with Crippen LogP contribution in [0, 0.1) is 12.3 Å². The molecule has 0 aliphatic carbocycles. The Hall–Kier alpha value is -1.29. The Kier molecular flexibility index (Phi) is 3.52. The highest BCUT2D eigenvalue weighted by Gasteiger charge is 2.18. The van der Waals surface area contributed by atoms with Gasteiger partial charge in [0.2, 0.25) is 0 Å². The first-order valence-electron chi connectivity index (χ1n) is 4.99. The van der Waals surface area contributed by atoms with Crippen LogP contribution in [0.2, 0.25) is 0 Å². The highest BCUT2D eigenvalue weighted by atomic mass is 16.3. The van der Waals surface area contributed by atoms with Gasteiger partial charge in [0.25, 0.3) is 5.91 Å². The maximum Gasteiger partial charge on any atom is 0.287 e. The van der Waals surface area contributed by atoms with Gasteiger partial charge in [0.1, 0.15) is 5.76 Å². The maximum absolute atomic E-state index is 11.6. The Morgan fingerprint density at radius 3 is 2.67 bits per heavy atom. The van der Waals surface area contributed by atoms with Crippen LogP contribution in [0.1, 0.15) is 30.2 Å². The van der Waals surface area contributed by atoms with Crippen molar-refractivity contribution in [3.8, 4) is 0 Å². The molecule has 1 aromatic rings. The summed E-state index contributed by atoms with van der Waals surface area (Å²) in [4.78, 5) is 11.6. The molecule has 0 unspecified atom stereocenters. The quantitative estimate of drug-likeness (QED) is 0.787. The molecule has 0 saturated heterocycles. The number of hydrogen-bond acceptors (Lipinski definition) is 3. The maximum atomic E-state index is 11.6. The van der Waals surface area contributed by atoms with E-state index in [4.69, 9.17) is 10.2 Å². The molecule has 3 N–H and O–H groups in total. The minimum absolute atomic E-state index is 0.0860. The van der Waals surface area contributed by atoms with Crippen LogP contribution < -0.4 is 11.1 Å². The molecule has 4 heteroatoms. The van der Waals surface area contributed by atoms with E-state index in [0.717, 1.165) is 5.76 Å². The molecule has 0 fully saturated rings. The van der Waals surface area contributed by atoms with Gasteiger partial charge in [0.15, 0.2) is 5.76 Å². The summed E-state index contributed by atoms with van der Waals surface area (Å²) in [6.45, 7) is 6.88. The third-order valence-electron chi connectivity index (χ3n) is 2.24. The first-order chi connectivity index (χ1) is 6.94. The van der Waals surface area contributed by atoms with Crippen molar-refractivity contribution in [1.82, 2.24) is 5.32 Å². The summed E-state index contributed by atoms with van der Waals surface area (Å²) in [7, 11) is 0. The van der Waals surface area contributed by atoms with Crippen LogP contribution in [-0.4, -0.2) is 19.0 Å².